The lowest BCUT2D eigenvalue weighted by Gasteiger charge is -2.06. The number of anilines is 1. The Morgan fingerprint density at radius 3 is 2.69 bits per heavy atom. The summed E-state index contributed by atoms with van der Waals surface area (Å²) >= 11 is 7.11. The third kappa shape index (κ3) is 2.08. The van der Waals surface area contributed by atoms with Crippen LogP contribution in [0.1, 0.15) is 10.4 Å². The molecule has 5 heteroatoms. The minimum atomic E-state index is -1.02. The lowest BCUT2D eigenvalue weighted by Crippen LogP contribution is -2.01. The number of carboxylic acids is 1. The predicted octanol–water partition coefficient (Wildman–Crippen LogP) is 2.34. The fraction of sp³-hybridized carbons (Fsp3) is 0.125. The number of hydrogen-bond acceptors (Lipinski definition) is 3. The molecule has 0 radical (unpaired) electrons. The zero-order valence-electron chi connectivity index (χ0n) is 6.87. The smallest absolute Gasteiger partial charge is 0.336 e. The van der Waals surface area contributed by atoms with Crippen LogP contribution in [-0.4, -0.2) is 17.3 Å². The standard InChI is InChI=1S/C8H8ClNO2S/c1-13-7-5(8(11)12)2-4(10)3-6(7)9/h2-3H,10H2,1H3,(H,11,12). The second-order valence-corrected chi connectivity index (χ2v) is 3.61. The summed E-state index contributed by atoms with van der Waals surface area (Å²) < 4.78 is 0. The number of carbonyl (C=O) groups is 1. The topological polar surface area (TPSA) is 63.3 Å². The van der Waals surface area contributed by atoms with Crippen LogP contribution in [-0.2, 0) is 0 Å². The molecule has 0 bridgehead atoms. The zero-order valence-corrected chi connectivity index (χ0v) is 8.45. The molecular weight excluding hydrogens is 210 g/mol. The maximum Gasteiger partial charge on any atom is 0.336 e. The summed E-state index contributed by atoms with van der Waals surface area (Å²) in [5.74, 6) is -1.02. The van der Waals surface area contributed by atoms with Crippen molar-refractivity contribution in [2.75, 3.05) is 12.0 Å². The van der Waals surface area contributed by atoms with E-state index in [1.165, 1.54) is 17.8 Å². The summed E-state index contributed by atoms with van der Waals surface area (Å²) in [4.78, 5) is 11.3. The molecular formula is C8H8ClNO2S. The Labute approximate surface area is 84.9 Å². The molecule has 0 atom stereocenters. The fourth-order valence-electron chi connectivity index (χ4n) is 0.981. The van der Waals surface area contributed by atoms with E-state index in [0.717, 1.165) is 0 Å². The number of nitrogens with two attached hydrogens (primary N) is 1. The fourth-order valence-corrected chi connectivity index (χ4v) is 2.06. The van der Waals surface area contributed by atoms with Crippen molar-refractivity contribution in [2.45, 2.75) is 4.90 Å². The highest BCUT2D eigenvalue weighted by molar-refractivity contribution is 7.98. The molecule has 1 aromatic rings. The van der Waals surface area contributed by atoms with E-state index in [2.05, 4.69) is 0 Å². The molecule has 3 nitrogen and oxygen atoms in total. The molecule has 0 unspecified atom stereocenters. The zero-order chi connectivity index (χ0) is 10.0. The number of halogens is 1. The molecule has 1 aromatic carbocycles. The van der Waals surface area contributed by atoms with Crippen molar-refractivity contribution in [1.82, 2.24) is 0 Å². The van der Waals surface area contributed by atoms with Crippen LogP contribution in [0.25, 0.3) is 0 Å². The van der Waals surface area contributed by atoms with Crippen LogP contribution in [0.3, 0.4) is 0 Å². The van der Waals surface area contributed by atoms with Gasteiger partial charge in [0.05, 0.1) is 10.6 Å². The van der Waals surface area contributed by atoms with Crippen LogP contribution in [0.4, 0.5) is 5.69 Å². The van der Waals surface area contributed by atoms with Gasteiger partial charge in [0.1, 0.15) is 0 Å². The van der Waals surface area contributed by atoms with Gasteiger partial charge in [-0.05, 0) is 18.4 Å². The van der Waals surface area contributed by atoms with Gasteiger partial charge < -0.3 is 10.8 Å². The van der Waals surface area contributed by atoms with Crippen molar-refractivity contribution >= 4 is 35.0 Å². The molecule has 0 aliphatic rings. The third-order valence-corrected chi connectivity index (χ3v) is 2.76. The molecule has 0 aliphatic carbocycles. The maximum atomic E-state index is 10.8. The number of carboxylic acid groups (broad SMARTS) is 1. The van der Waals surface area contributed by atoms with Crippen LogP contribution in [0.5, 0.6) is 0 Å². The number of rotatable bonds is 2. The van der Waals surface area contributed by atoms with E-state index in [9.17, 15) is 4.79 Å². The summed E-state index contributed by atoms with van der Waals surface area (Å²) in [7, 11) is 0. The number of hydrogen-bond donors (Lipinski definition) is 2. The maximum absolute atomic E-state index is 10.8. The Morgan fingerprint density at radius 1 is 1.62 bits per heavy atom. The first kappa shape index (κ1) is 10.2. The highest BCUT2D eigenvalue weighted by Crippen LogP contribution is 2.31. The molecule has 3 N–H and O–H groups in total. The van der Waals surface area contributed by atoms with Gasteiger partial charge in [0, 0.05) is 10.6 Å². The first-order chi connectivity index (χ1) is 6.06. The highest BCUT2D eigenvalue weighted by Gasteiger charge is 2.13. The summed E-state index contributed by atoms with van der Waals surface area (Å²) in [5.41, 5.74) is 5.98. The second-order valence-electron chi connectivity index (χ2n) is 2.39. The Kier molecular flexibility index (Phi) is 3.06. The molecule has 1 rings (SSSR count). The highest BCUT2D eigenvalue weighted by atomic mass is 35.5. The molecule has 0 fully saturated rings. The van der Waals surface area contributed by atoms with Crippen LogP contribution >= 0.6 is 23.4 Å². The van der Waals surface area contributed by atoms with E-state index >= 15 is 0 Å². The van der Waals surface area contributed by atoms with E-state index in [0.29, 0.717) is 15.6 Å². The second kappa shape index (κ2) is 3.89. The van der Waals surface area contributed by atoms with E-state index < -0.39 is 5.97 Å². The van der Waals surface area contributed by atoms with Crippen molar-refractivity contribution in [1.29, 1.82) is 0 Å². The Morgan fingerprint density at radius 2 is 2.23 bits per heavy atom. The van der Waals surface area contributed by atoms with Crippen molar-refractivity contribution < 1.29 is 9.90 Å². The predicted molar refractivity (Wildman–Crippen MR) is 54.6 cm³/mol. The van der Waals surface area contributed by atoms with Gasteiger partial charge in [-0.1, -0.05) is 11.6 Å². The largest absolute Gasteiger partial charge is 0.478 e. The molecule has 0 saturated heterocycles. The molecule has 0 saturated carbocycles. The SMILES string of the molecule is CSc1c(Cl)cc(N)cc1C(=O)O. The van der Waals surface area contributed by atoms with Gasteiger partial charge in [-0.25, -0.2) is 4.79 Å². The lowest BCUT2D eigenvalue weighted by molar-refractivity contribution is 0.0693. The summed E-state index contributed by atoms with van der Waals surface area (Å²) in [6.07, 6.45) is 1.77. The van der Waals surface area contributed by atoms with E-state index in [1.807, 2.05) is 0 Å². The van der Waals surface area contributed by atoms with Crippen LogP contribution in [0.2, 0.25) is 5.02 Å². The normalized spacial score (nSPS) is 10.0. The lowest BCUT2D eigenvalue weighted by atomic mass is 10.2. The monoisotopic (exact) mass is 217 g/mol. The first-order valence-electron chi connectivity index (χ1n) is 3.42. The molecule has 0 aromatic heterocycles. The first-order valence-corrected chi connectivity index (χ1v) is 5.03. The number of aromatic carboxylic acids is 1. The number of benzene rings is 1. The van der Waals surface area contributed by atoms with Gasteiger partial charge in [-0.3, -0.25) is 0 Å². The molecule has 0 heterocycles. The molecule has 0 amide bonds. The molecule has 13 heavy (non-hydrogen) atoms. The Balaban J connectivity index is 3.38. The molecule has 0 spiro atoms. The van der Waals surface area contributed by atoms with Gasteiger partial charge in [-0.15, -0.1) is 11.8 Å². The summed E-state index contributed by atoms with van der Waals surface area (Å²) in [5, 5.41) is 9.20. The molecule has 70 valence electrons. The number of thioether (sulfide) groups is 1. The van der Waals surface area contributed by atoms with Crippen molar-refractivity contribution in [3.63, 3.8) is 0 Å². The minimum absolute atomic E-state index is 0.150. The van der Waals surface area contributed by atoms with E-state index in [-0.39, 0.29) is 5.56 Å². The third-order valence-electron chi connectivity index (χ3n) is 1.50. The quantitative estimate of drug-likeness (QED) is 0.590. The van der Waals surface area contributed by atoms with E-state index in [1.54, 1.807) is 12.3 Å². The molecule has 0 aliphatic heterocycles. The van der Waals surface area contributed by atoms with Crippen LogP contribution in [0, 0.1) is 0 Å². The van der Waals surface area contributed by atoms with Gasteiger partial charge in [-0.2, -0.15) is 0 Å². The summed E-state index contributed by atoms with van der Waals surface area (Å²) in [6, 6.07) is 2.94. The Bertz CT molecular complexity index is 354. The van der Waals surface area contributed by atoms with Crippen LogP contribution < -0.4 is 5.73 Å². The van der Waals surface area contributed by atoms with Gasteiger partial charge in [0.2, 0.25) is 0 Å². The van der Waals surface area contributed by atoms with Gasteiger partial charge in [0.15, 0.2) is 0 Å². The number of nitrogen functional groups attached to an aromatic ring is 1. The minimum Gasteiger partial charge on any atom is -0.478 e. The van der Waals surface area contributed by atoms with Crippen molar-refractivity contribution in [3.8, 4) is 0 Å². The van der Waals surface area contributed by atoms with E-state index in [4.69, 9.17) is 22.4 Å². The van der Waals surface area contributed by atoms with Gasteiger partial charge >= 0.3 is 5.97 Å². The van der Waals surface area contributed by atoms with Crippen molar-refractivity contribution in [2.24, 2.45) is 0 Å². The Hall–Kier alpha value is -0.870. The van der Waals surface area contributed by atoms with Gasteiger partial charge in [0.25, 0.3) is 0 Å². The average Bonchev–Trinajstić information content (AvgIpc) is 2.02. The average molecular weight is 218 g/mol. The van der Waals surface area contributed by atoms with Crippen LogP contribution in [0.15, 0.2) is 17.0 Å². The van der Waals surface area contributed by atoms with Crippen molar-refractivity contribution in [3.05, 3.63) is 22.7 Å². The summed E-state index contributed by atoms with van der Waals surface area (Å²) in [6.45, 7) is 0.